The average Bonchev–Trinajstić information content (AvgIpc) is 3.11. The van der Waals surface area contributed by atoms with Crippen molar-refractivity contribution in [2.45, 2.75) is 18.4 Å². The number of rotatable bonds is 5. The highest BCUT2D eigenvalue weighted by Gasteiger charge is 2.45. The van der Waals surface area contributed by atoms with Crippen molar-refractivity contribution in [2.75, 3.05) is 6.54 Å². The number of carbonyl (C=O) groups excluding carboxylic acids is 1. The Morgan fingerprint density at radius 1 is 1.38 bits per heavy atom. The number of benzene rings is 1. The van der Waals surface area contributed by atoms with E-state index in [4.69, 9.17) is 16.0 Å². The molecule has 5 heteroatoms. The van der Waals surface area contributed by atoms with Crippen LogP contribution in [0.4, 0.5) is 0 Å². The normalized spacial score (nSPS) is 21.8. The molecule has 1 heterocycles. The van der Waals surface area contributed by atoms with E-state index in [0.29, 0.717) is 5.02 Å². The van der Waals surface area contributed by atoms with E-state index in [1.165, 1.54) is 0 Å². The molecule has 1 amide bonds. The Morgan fingerprint density at radius 2 is 2.14 bits per heavy atom. The predicted octanol–water partition coefficient (Wildman–Crippen LogP) is 2.89. The van der Waals surface area contributed by atoms with Crippen LogP contribution in [0, 0.1) is 5.92 Å². The lowest BCUT2D eigenvalue weighted by atomic mass is 10.1. The van der Waals surface area contributed by atoms with Crippen molar-refractivity contribution in [1.29, 1.82) is 0 Å². The Balaban J connectivity index is 1.49. The van der Waals surface area contributed by atoms with E-state index in [-0.39, 0.29) is 24.3 Å². The summed E-state index contributed by atoms with van der Waals surface area (Å²) in [6.07, 6.45) is 1.69. The third-order valence-corrected chi connectivity index (χ3v) is 4.01. The van der Waals surface area contributed by atoms with Crippen molar-refractivity contribution < 1.29 is 14.3 Å². The molecule has 0 radical (unpaired) electrons. The van der Waals surface area contributed by atoms with Crippen molar-refractivity contribution in [1.82, 2.24) is 5.32 Å². The molecule has 0 aliphatic heterocycles. The first-order chi connectivity index (χ1) is 10.1. The van der Waals surface area contributed by atoms with Gasteiger partial charge in [0.15, 0.2) is 0 Å². The summed E-state index contributed by atoms with van der Waals surface area (Å²) in [6, 6.07) is 10.7. The minimum atomic E-state index is -0.730. The maximum atomic E-state index is 12.0. The van der Waals surface area contributed by atoms with E-state index in [1.54, 1.807) is 30.5 Å². The van der Waals surface area contributed by atoms with Crippen molar-refractivity contribution in [3.8, 4) is 0 Å². The molecular weight excluding hydrogens is 290 g/mol. The van der Waals surface area contributed by atoms with Gasteiger partial charge < -0.3 is 14.8 Å². The Bertz CT molecular complexity index is 609. The number of carbonyl (C=O) groups is 1. The first-order valence-electron chi connectivity index (χ1n) is 6.90. The second-order valence-corrected chi connectivity index (χ2v) is 5.71. The second-order valence-electron chi connectivity index (χ2n) is 5.28. The first kappa shape index (κ1) is 14.2. The largest absolute Gasteiger partial charge is 0.469 e. The zero-order chi connectivity index (χ0) is 14.8. The summed E-state index contributed by atoms with van der Waals surface area (Å²) >= 11 is 5.80. The summed E-state index contributed by atoms with van der Waals surface area (Å²) in [6.45, 7) is 0.196. The van der Waals surface area contributed by atoms with Crippen LogP contribution in [0.3, 0.4) is 0 Å². The van der Waals surface area contributed by atoms with Crippen LogP contribution in [0.2, 0.25) is 5.02 Å². The van der Waals surface area contributed by atoms with Gasteiger partial charge in [0.05, 0.1) is 12.4 Å². The van der Waals surface area contributed by atoms with E-state index >= 15 is 0 Å². The molecule has 0 saturated heterocycles. The molecule has 1 aliphatic rings. The number of amides is 1. The minimum Gasteiger partial charge on any atom is -0.469 e. The molecule has 1 aromatic carbocycles. The number of hydrogen-bond donors (Lipinski definition) is 2. The molecule has 3 rings (SSSR count). The first-order valence-corrected chi connectivity index (χ1v) is 7.27. The van der Waals surface area contributed by atoms with Gasteiger partial charge in [0.25, 0.3) is 0 Å². The summed E-state index contributed by atoms with van der Waals surface area (Å²) in [5.41, 5.74) is 0.734. The molecule has 3 atom stereocenters. The van der Waals surface area contributed by atoms with E-state index < -0.39 is 6.10 Å². The molecule has 21 heavy (non-hydrogen) atoms. The number of halogens is 1. The monoisotopic (exact) mass is 305 g/mol. The van der Waals surface area contributed by atoms with Gasteiger partial charge in [-0.3, -0.25) is 4.79 Å². The van der Waals surface area contributed by atoms with Gasteiger partial charge in [-0.15, -0.1) is 0 Å². The molecule has 4 nitrogen and oxygen atoms in total. The predicted molar refractivity (Wildman–Crippen MR) is 79.0 cm³/mol. The summed E-state index contributed by atoms with van der Waals surface area (Å²) in [4.78, 5) is 12.0. The van der Waals surface area contributed by atoms with Gasteiger partial charge in [0.2, 0.25) is 5.91 Å². The molecule has 1 saturated carbocycles. The van der Waals surface area contributed by atoms with Crippen LogP contribution < -0.4 is 5.32 Å². The standard InChI is InChI=1S/C16H16ClNO3/c17-11-5-3-10(4-6-11)14(19)9-18-16(20)13-8-12(13)15-2-1-7-21-15/h1-7,12-14,19H,8-9H2,(H,18,20)/t12-,13-,14+/m1/s1. The summed E-state index contributed by atoms with van der Waals surface area (Å²) in [5, 5.41) is 13.4. The number of nitrogens with one attached hydrogen (secondary N) is 1. The van der Waals surface area contributed by atoms with Gasteiger partial charge >= 0.3 is 0 Å². The molecule has 1 aliphatic carbocycles. The number of furan rings is 1. The molecule has 0 unspecified atom stereocenters. The van der Waals surface area contributed by atoms with Crippen molar-refractivity contribution in [3.63, 3.8) is 0 Å². The van der Waals surface area contributed by atoms with Crippen LogP contribution in [0.15, 0.2) is 47.1 Å². The third-order valence-electron chi connectivity index (χ3n) is 3.76. The maximum absolute atomic E-state index is 12.0. The average molecular weight is 306 g/mol. The molecule has 1 fully saturated rings. The van der Waals surface area contributed by atoms with E-state index in [2.05, 4.69) is 5.32 Å². The van der Waals surface area contributed by atoms with Crippen LogP contribution in [0.25, 0.3) is 0 Å². The lowest BCUT2D eigenvalue weighted by Gasteiger charge is -2.12. The minimum absolute atomic E-state index is 0.0376. The summed E-state index contributed by atoms with van der Waals surface area (Å²) < 4.78 is 5.30. The zero-order valence-electron chi connectivity index (χ0n) is 11.3. The molecule has 2 aromatic rings. The Hall–Kier alpha value is -1.78. The van der Waals surface area contributed by atoms with Gasteiger partial charge in [-0.2, -0.15) is 0 Å². The second kappa shape index (κ2) is 5.92. The lowest BCUT2D eigenvalue weighted by molar-refractivity contribution is -0.122. The third kappa shape index (κ3) is 3.28. The van der Waals surface area contributed by atoms with Gasteiger partial charge in [-0.1, -0.05) is 23.7 Å². The fraction of sp³-hybridized carbons (Fsp3) is 0.312. The van der Waals surface area contributed by atoms with Crippen LogP contribution in [0.5, 0.6) is 0 Å². The number of aliphatic hydroxyl groups is 1. The summed E-state index contributed by atoms with van der Waals surface area (Å²) in [5.74, 6) is 0.944. The van der Waals surface area contributed by atoms with Crippen LogP contribution in [0.1, 0.15) is 29.8 Å². The molecule has 0 bridgehead atoms. The van der Waals surface area contributed by atoms with E-state index in [0.717, 1.165) is 17.7 Å². The summed E-state index contributed by atoms with van der Waals surface area (Å²) in [7, 11) is 0. The van der Waals surface area contributed by atoms with E-state index in [1.807, 2.05) is 12.1 Å². The van der Waals surface area contributed by atoms with E-state index in [9.17, 15) is 9.90 Å². The Morgan fingerprint density at radius 3 is 2.81 bits per heavy atom. The number of hydrogen-bond acceptors (Lipinski definition) is 3. The van der Waals surface area contributed by atoms with Crippen molar-refractivity contribution in [3.05, 3.63) is 59.0 Å². The SMILES string of the molecule is O=C(NC[C@H](O)c1ccc(Cl)cc1)[C@@H]1C[C@H]1c1ccco1. The van der Waals surface area contributed by atoms with Gasteiger partial charge in [0.1, 0.15) is 5.76 Å². The van der Waals surface area contributed by atoms with Crippen LogP contribution >= 0.6 is 11.6 Å². The molecule has 110 valence electrons. The molecule has 1 aromatic heterocycles. The molecule has 0 spiro atoms. The fourth-order valence-electron chi connectivity index (χ4n) is 2.43. The molecular formula is C16H16ClNO3. The molecule has 2 N–H and O–H groups in total. The quantitative estimate of drug-likeness (QED) is 0.893. The van der Waals surface area contributed by atoms with Gasteiger partial charge in [-0.25, -0.2) is 0 Å². The van der Waals surface area contributed by atoms with Crippen LogP contribution in [-0.2, 0) is 4.79 Å². The van der Waals surface area contributed by atoms with Crippen LogP contribution in [-0.4, -0.2) is 17.6 Å². The fourth-order valence-corrected chi connectivity index (χ4v) is 2.56. The van der Waals surface area contributed by atoms with Crippen molar-refractivity contribution >= 4 is 17.5 Å². The zero-order valence-corrected chi connectivity index (χ0v) is 12.1. The Kier molecular flexibility index (Phi) is 3.99. The lowest BCUT2D eigenvalue weighted by Crippen LogP contribution is -2.29. The highest BCUT2D eigenvalue weighted by atomic mass is 35.5. The van der Waals surface area contributed by atoms with Gasteiger partial charge in [-0.05, 0) is 36.2 Å². The van der Waals surface area contributed by atoms with Gasteiger partial charge in [0, 0.05) is 23.4 Å². The smallest absolute Gasteiger partial charge is 0.223 e. The number of aliphatic hydroxyl groups excluding tert-OH is 1. The highest BCUT2D eigenvalue weighted by Crippen LogP contribution is 2.47. The topological polar surface area (TPSA) is 62.5 Å². The Labute approximate surface area is 127 Å². The maximum Gasteiger partial charge on any atom is 0.223 e. The highest BCUT2D eigenvalue weighted by molar-refractivity contribution is 6.30. The van der Waals surface area contributed by atoms with Crippen molar-refractivity contribution in [2.24, 2.45) is 5.92 Å².